The average molecular weight is 251 g/mol. The van der Waals surface area contributed by atoms with E-state index in [1.807, 2.05) is 0 Å². The van der Waals surface area contributed by atoms with Crippen LogP contribution >= 0.6 is 0 Å². The number of methoxy groups -OCH3 is 1. The second-order valence-corrected chi connectivity index (χ2v) is 6.05. The molecule has 1 N–H and O–H groups in total. The molecule has 2 atom stereocenters. The summed E-state index contributed by atoms with van der Waals surface area (Å²) in [5.74, 6) is 1.21. The monoisotopic (exact) mass is 251 g/mol. The quantitative estimate of drug-likeness (QED) is 0.776. The minimum atomic E-state index is -0.720. The van der Waals surface area contributed by atoms with Gasteiger partial charge in [-0.2, -0.15) is 0 Å². The highest BCUT2D eigenvalue weighted by molar-refractivity contribution is 5.90. The predicted octanol–water partition coefficient (Wildman–Crippen LogP) is 1.63. The van der Waals surface area contributed by atoms with E-state index in [0.717, 1.165) is 25.7 Å². The van der Waals surface area contributed by atoms with E-state index in [1.165, 1.54) is 26.4 Å². The van der Waals surface area contributed by atoms with Crippen molar-refractivity contribution < 1.29 is 14.3 Å². The van der Waals surface area contributed by atoms with Gasteiger partial charge in [0.05, 0.1) is 7.11 Å². The molecule has 3 aliphatic carbocycles. The molecule has 0 aromatic heterocycles. The van der Waals surface area contributed by atoms with Gasteiger partial charge in [0.25, 0.3) is 0 Å². The second-order valence-electron chi connectivity index (χ2n) is 6.05. The van der Waals surface area contributed by atoms with Crippen molar-refractivity contribution in [1.29, 1.82) is 0 Å². The van der Waals surface area contributed by atoms with Crippen LogP contribution in [-0.4, -0.2) is 24.5 Å². The molecular formula is C14H21NO3. The van der Waals surface area contributed by atoms with Crippen LogP contribution in [0.4, 0.5) is 0 Å². The van der Waals surface area contributed by atoms with Gasteiger partial charge in [-0.05, 0) is 37.5 Å². The number of rotatable bonds is 3. The molecular weight excluding hydrogens is 230 g/mol. The largest absolute Gasteiger partial charge is 0.467 e. The summed E-state index contributed by atoms with van der Waals surface area (Å²) in [4.78, 5) is 24.2. The molecule has 0 aromatic carbocycles. The van der Waals surface area contributed by atoms with Gasteiger partial charge in [0.2, 0.25) is 5.91 Å². The van der Waals surface area contributed by atoms with Crippen LogP contribution in [0.25, 0.3) is 0 Å². The molecule has 0 saturated heterocycles. The van der Waals surface area contributed by atoms with Gasteiger partial charge in [0.15, 0.2) is 0 Å². The summed E-state index contributed by atoms with van der Waals surface area (Å²) in [7, 11) is 1.40. The number of carbonyl (C=O) groups is 2. The van der Waals surface area contributed by atoms with E-state index in [1.54, 1.807) is 0 Å². The van der Waals surface area contributed by atoms with Crippen LogP contribution in [-0.2, 0) is 14.3 Å². The Kier molecular flexibility index (Phi) is 2.83. The Labute approximate surface area is 107 Å². The minimum Gasteiger partial charge on any atom is -0.467 e. The average Bonchev–Trinajstić information content (AvgIpc) is 2.76. The minimum absolute atomic E-state index is 0.0944. The Morgan fingerprint density at radius 1 is 1.11 bits per heavy atom. The van der Waals surface area contributed by atoms with Crippen molar-refractivity contribution in [2.75, 3.05) is 7.11 Å². The summed E-state index contributed by atoms with van der Waals surface area (Å²) in [6.45, 7) is 0. The lowest BCUT2D eigenvalue weighted by Gasteiger charge is -2.27. The molecule has 3 saturated carbocycles. The van der Waals surface area contributed by atoms with Gasteiger partial charge in [-0.25, -0.2) is 4.79 Å². The van der Waals surface area contributed by atoms with Crippen molar-refractivity contribution in [2.45, 2.75) is 50.5 Å². The van der Waals surface area contributed by atoms with Crippen molar-refractivity contribution in [1.82, 2.24) is 5.32 Å². The summed E-state index contributed by atoms with van der Waals surface area (Å²) >= 11 is 0. The standard InChI is InChI=1S/C14H21NO3/c1-18-13(17)14(7-2-3-8-14)15-12(16)11-9-5-4-6-10(9)11/h9-11H,2-8H2,1H3,(H,15,16)/t9-,10-/m0/s1. The second kappa shape index (κ2) is 4.25. The van der Waals surface area contributed by atoms with Crippen LogP contribution in [0.5, 0.6) is 0 Å². The van der Waals surface area contributed by atoms with Crippen LogP contribution in [0.15, 0.2) is 0 Å². The number of hydrogen-bond donors (Lipinski definition) is 1. The van der Waals surface area contributed by atoms with Gasteiger partial charge in [-0.3, -0.25) is 4.79 Å². The van der Waals surface area contributed by atoms with E-state index < -0.39 is 5.54 Å². The van der Waals surface area contributed by atoms with Crippen molar-refractivity contribution >= 4 is 11.9 Å². The van der Waals surface area contributed by atoms with E-state index in [-0.39, 0.29) is 17.8 Å². The maximum absolute atomic E-state index is 12.3. The van der Waals surface area contributed by atoms with E-state index in [0.29, 0.717) is 11.8 Å². The molecule has 100 valence electrons. The van der Waals surface area contributed by atoms with E-state index in [9.17, 15) is 9.59 Å². The SMILES string of the molecule is COC(=O)C1(NC(=O)C2[C@H]3CCC[C@H]23)CCCC1. The van der Waals surface area contributed by atoms with Crippen LogP contribution in [0.1, 0.15) is 44.9 Å². The lowest BCUT2D eigenvalue weighted by molar-refractivity contribution is -0.151. The van der Waals surface area contributed by atoms with Gasteiger partial charge >= 0.3 is 5.97 Å². The number of carbonyl (C=O) groups excluding carboxylic acids is 2. The van der Waals surface area contributed by atoms with Crippen LogP contribution < -0.4 is 5.32 Å². The zero-order chi connectivity index (χ0) is 12.8. The molecule has 0 aliphatic heterocycles. The molecule has 0 heterocycles. The molecule has 0 spiro atoms. The van der Waals surface area contributed by atoms with Crippen molar-refractivity contribution in [3.63, 3.8) is 0 Å². The Balaban J connectivity index is 1.66. The third kappa shape index (κ3) is 1.73. The topological polar surface area (TPSA) is 55.4 Å². The normalized spacial score (nSPS) is 35.9. The Morgan fingerprint density at radius 3 is 2.28 bits per heavy atom. The Morgan fingerprint density at radius 2 is 1.72 bits per heavy atom. The van der Waals surface area contributed by atoms with Crippen molar-refractivity contribution in [2.24, 2.45) is 17.8 Å². The zero-order valence-electron chi connectivity index (χ0n) is 10.9. The first-order valence-electron chi connectivity index (χ1n) is 7.08. The molecule has 3 fully saturated rings. The smallest absolute Gasteiger partial charge is 0.331 e. The summed E-state index contributed by atoms with van der Waals surface area (Å²) in [6, 6.07) is 0. The van der Waals surface area contributed by atoms with E-state index >= 15 is 0 Å². The van der Waals surface area contributed by atoms with Gasteiger partial charge in [0.1, 0.15) is 5.54 Å². The Hall–Kier alpha value is -1.06. The van der Waals surface area contributed by atoms with Gasteiger partial charge in [-0.15, -0.1) is 0 Å². The highest BCUT2D eigenvalue weighted by atomic mass is 16.5. The first-order valence-corrected chi connectivity index (χ1v) is 7.08. The fourth-order valence-corrected chi connectivity index (χ4v) is 4.08. The summed E-state index contributed by atoms with van der Waals surface area (Å²) in [6.07, 6.45) is 7.09. The van der Waals surface area contributed by atoms with Gasteiger partial charge in [0, 0.05) is 5.92 Å². The first-order chi connectivity index (χ1) is 8.68. The molecule has 0 unspecified atom stereocenters. The van der Waals surface area contributed by atoms with E-state index in [2.05, 4.69) is 5.32 Å². The Bertz CT molecular complexity index is 363. The van der Waals surface area contributed by atoms with Crippen molar-refractivity contribution in [3.8, 4) is 0 Å². The maximum atomic E-state index is 12.3. The fourth-order valence-electron chi connectivity index (χ4n) is 4.08. The molecule has 18 heavy (non-hydrogen) atoms. The summed E-state index contributed by atoms with van der Waals surface area (Å²) in [5.41, 5.74) is -0.720. The number of esters is 1. The molecule has 0 radical (unpaired) electrons. The summed E-state index contributed by atoms with van der Waals surface area (Å²) < 4.78 is 4.88. The van der Waals surface area contributed by atoms with E-state index in [4.69, 9.17) is 4.74 Å². The van der Waals surface area contributed by atoms with Crippen LogP contribution in [0.2, 0.25) is 0 Å². The third-order valence-electron chi connectivity index (χ3n) is 5.10. The first kappa shape index (κ1) is 12.0. The molecule has 0 aromatic rings. The highest BCUT2D eigenvalue weighted by Crippen LogP contribution is 2.57. The third-order valence-corrected chi connectivity index (χ3v) is 5.10. The summed E-state index contributed by atoms with van der Waals surface area (Å²) in [5, 5.41) is 3.02. The molecule has 4 nitrogen and oxygen atoms in total. The molecule has 3 aliphatic rings. The lowest BCUT2D eigenvalue weighted by atomic mass is 9.97. The maximum Gasteiger partial charge on any atom is 0.331 e. The zero-order valence-corrected chi connectivity index (χ0v) is 10.9. The number of amides is 1. The van der Waals surface area contributed by atoms with Crippen molar-refractivity contribution in [3.05, 3.63) is 0 Å². The lowest BCUT2D eigenvalue weighted by Crippen LogP contribution is -2.53. The fraction of sp³-hybridized carbons (Fsp3) is 0.857. The number of fused-ring (bicyclic) bond motifs is 1. The van der Waals surface area contributed by atoms with Crippen LogP contribution in [0, 0.1) is 17.8 Å². The number of hydrogen-bond acceptors (Lipinski definition) is 3. The van der Waals surface area contributed by atoms with Gasteiger partial charge in [-0.1, -0.05) is 19.3 Å². The molecule has 1 amide bonds. The molecule has 0 bridgehead atoms. The number of ether oxygens (including phenoxy) is 1. The number of nitrogens with one attached hydrogen (secondary N) is 1. The molecule has 3 rings (SSSR count). The van der Waals surface area contributed by atoms with Crippen LogP contribution in [0.3, 0.4) is 0 Å². The van der Waals surface area contributed by atoms with Gasteiger partial charge < -0.3 is 10.1 Å². The molecule has 4 heteroatoms. The predicted molar refractivity (Wildman–Crippen MR) is 65.7 cm³/mol. The highest BCUT2D eigenvalue weighted by Gasteiger charge is 2.58.